The lowest BCUT2D eigenvalue weighted by atomic mass is 9.77. The highest BCUT2D eigenvalue weighted by Gasteiger charge is 2.45. The molecule has 10 N–H and O–H groups in total. The van der Waals surface area contributed by atoms with Gasteiger partial charge in [-0.2, -0.15) is 28.6 Å². The quantitative estimate of drug-likeness (QED) is 0.0166. The highest BCUT2D eigenvalue weighted by molar-refractivity contribution is 8.00. The zero-order valence-corrected chi connectivity index (χ0v) is 60.8. The van der Waals surface area contributed by atoms with Gasteiger partial charge in [-0.15, -0.1) is 0 Å². The van der Waals surface area contributed by atoms with Gasteiger partial charge in [0.15, 0.2) is 0 Å². The lowest BCUT2D eigenvalue weighted by Gasteiger charge is -2.36. The maximum Gasteiger partial charge on any atom is 0.366 e. The Kier molecular flexibility index (Phi) is 30.8. The Morgan fingerprint density at radius 3 is 2.00 bits per heavy atom. The largest absolute Gasteiger partial charge is 0.394 e. The molecular weight excluding hydrogens is 1370 g/mol. The number of carbonyl (C=O) groups is 6. The van der Waals surface area contributed by atoms with E-state index in [9.17, 15) is 59.8 Å². The van der Waals surface area contributed by atoms with Gasteiger partial charge in [0.25, 0.3) is 20.2 Å². The van der Waals surface area contributed by atoms with E-state index in [-0.39, 0.29) is 164 Å². The van der Waals surface area contributed by atoms with Crippen LogP contribution in [-0.2, 0) is 96.3 Å². The Bertz CT molecular complexity index is 3630. The van der Waals surface area contributed by atoms with Crippen LogP contribution < -0.4 is 47.0 Å². The van der Waals surface area contributed by atoms with Gasteiger partial charge in [0.05, 0.1) is 117 Å². The summed E-state index contributed by atoms with van der Waals surface area (Å²) in [6, 6.07) is 7.67. The molecule has 560 valence electrons. The van der Waals surface area contributed by atoms with Crippen LogP contribution in [-0.4, -0.2) is 233 Å². The Morgan fingerprint density at radius 1 is 0.752 bits per heavy atom. The van der Waals surface area contributed by atoms with E-state index in [1.54, 1.807) is 6.07 Å². The first-order valence-corrected chi connectivity index (χ1v) is 39.0. The Morgan fingerprint density at radius 2 is 1.37 bits per heavy atom. The third-order valence-corrected chi connectivity index (χ3v) is 21.3. The van der Waals surface area contributed by atoms with Crippen molar-refractivity contribution in [3.8, 4) is 0 Å². The van der Waals surface area contributed by atoms with Crippen molar-refractivity contribution in [3.05, 3.63) is 76.2 Å². The van der Waals surface area contributed by atoms with E-state index >= 15 is 0 Å². The topological polar surface area (TPSA) is 389 Å². The third-order valence-electron chi connectivity index (χ3n) is 18.2. The van der Waals surface area contributed by atoms with Gasteiger partial charge in [-0.25, -0.2) is 9.21 Å². The minimum Gasteiger partial charge on any atom is -0.394 e. The number of nitrogens with one attached hydrogen (secondary N) is 7. The molecule has 0 radical (unpaired) electrons. The van der Waals surface area contributed by atoms with Crippen LogP contribution in [0.3, 0.4) is 0 Å². The van der Waals surface area contributed by atoms with Gasteiger partial charge in [0.1, 0.15) is 19.3 Å². The second-order valence-electron chi connectivity index (χ2n) is 26.9. The van der Waals surface area contributed by atoms with Crippen LogP contribution >= 0.6 is 11.8 Å². The van der Waals surface area contributed by atoms with Gasteiger partial charge in [-0.1, -0.05) is 18.6 Å². The van der Waals surface area contributed by atoms with Gasteiger partial charge in [0, 0.05) is 98.1 Å². The number of aliphatic hydroxyl groups is 1. The molecule has 5 aliphatic rings. The van der Waals surface area contributed by atoms with Crippen LogP contribution in [0.5, 0.6) is 0 Å². The molecule has 0 bridgehead atoms. The first kappa shape index (κ1) is 80.1. The zero-order chi connectivity index (χ0) is 72.6. The van der Waals surface area contributed by atoms with Crippen LogP contribution in [0.25, 0.3) is 17.0 Å². The summed E-state index contributed by atoms with van der Waals surface area (Å²) in [7, 11) is -8.95. The monoisotopic (exact) mass is 1470 g/mol. The smallest absolute Gasteiger partial charge is 0.366 e. The lowest BCUT2D eigenvalue weighted by molar-refractivity contribution is -0.132. The number of fused-ring (bicyclic) bond motifs is 4. The molecule has 0 aliphatic carbocycles. The van der Waals surface area contributed by atoms with E-state index in [1.807, 2.05) is 41.8 Å². The van der Waals surface area contributed by atoms with Crippen molar-refractivity contribution in [3.63, 3.8) is 0 Å². The number of hydrogen-bond donors (Lipinski definition) is 10. The average Bonchev–Trinajstić information content (AvgIpc) is 1.73. The summed E-state index contributed by atoms with van der Waals surface area (Å²) >= 11 is 1.85. The zero-order valence-electron chi connectivity index (χ0n) is 58.4. The number of ether oxygens (including phenoxy) is 6. The Labute approximate surface area is 595 Å². The number of benzene rings is 2. The summed E-state index contributed by atoms with van der Waals surface area (Å²) in [5.41, 5.74) is 6.28. The van der Waals surface area contributed by atoms with Gasteiger partial charge in [0.2, 0.25) is 29.5 Å². The predicted octanol–water partition coefficient (Wildman–Crippen LogP) is 3.85. The molecule has 32 heteroatoms. The standard InChI is InChI=1S/C69H101N9O20S3/c1-68(2,3)58-41-47(51-40-48-13-9-26-77-27-10-14-50(64(48)77)65(51)98-58)12-7-16-57-69(4,52-42-49(101(89,90)91)19-20-55(52)78(57)28-11-39-100(86,87)88)21-8-18-60(81)71-23-29-92-33-34-93-31-24-72-61(82)44-96-37-35-95-32-25-73-66(84)53(43-79)74-62(83)45-97-38-36-94-30-22-70-59(80)17-6-5-15-56-63-54(46-99-56)75-67(85)76-63/h7,12,16,19-20,40-42,53-54,56,63,79H,5-6,8-11,13-15,17-18,21-39,43-46H2,1-4H3,(H8-,70,71,72,73,74,75,76,80,81,82,83,84,85,86,87,88,89,90,91)/p+1/b12-7+,57-16-/t53-,54?,56-,63?,69?/m0/s1. The molecule has 5 atom stereocenters. The van der Waals surface area contributed by atoms with Crippen molar-refractivity contribution in [1.29, 1.82) is 0 Å². The second kappa shape index (κ2) is 38.8. The SMILES string of the molecule is CC(C)(C)c1cc(/C=C/C=C2\N(CCCS(=O)(=O)O)c3ccc(S(=O)(=O)O)cc3C2(C)CCCC(=O)NCCOCCOCCNC(=O)COCCOCCNC(=O)[C@H](CO)NC(=O)COCCOCCNC(=O)CCCC[C@@H]2SCC3NC(=O)NC32)c2cc3c4c(c2[o+]1)CCCN4CCC3. The lowest BCUT2D eigenvalue weighted by Crippen LogP contribution is -2.50. The van der Waals surface area contributed by atoms with E-state index in [1.165, 1.54) is 28.9 Å². The summed E-state index contributed by atoms with van der Waals surface area (Å²) in [4.78, 5) is 78.2. The minimum atomic E-state index is -4.64. The van der Waals surface area contributed by atoms with Crippen LogP contribution in [0.15, 0.2) is 57.5 Å². The molecule has 0 saturated carbocycles. The Hall–Kier alpha value is -6.56. The number of amides is 7. The highest BCUT2D eigenvalue weighted by atomic mass is 32.2. The van der Waals surface area contributed by atoms with Crippen LogP contribution in [0.1, 0.15) is 120 Å². The van der Waals surface area contributed by atoms with E-state index in [0.29, 0.717) is 48.0 Å². The van der Waals surface area contributed by atoms with Gasteiger partial charge < -0.3 is 80.5 Å². The molecule has 8 rings (SSSR count). The number of allylic oxidation sites excluding steroid dienone is 3. The summed E-state index contributed by atoms with van der Waals surface area (Å²) in [6.45, 7) is 11.8. The number of anilines is 2. The van der Waals surface area contributed by atoms with Crippen LogP contribution in [0, 0.1) is 0 Å². The summed E-state index contributed by atoms with van der Waals surface area (Å²) in [6.07, 6.45) is 13.7. The van der Waals surface area contributed by atoms with E-state index in [4.69, 9.17) is 32.8 Å². The van der Waals surface area contributed by atoms with E-state index < -0.39 is 55.9 Å². The maximum atomic E-state index is 13.3. The van der Waals surface area contributed by atoms with Crippen LogP contribution in [0.2, 0.25) is 0 Å². The minimum absolute atomic E-state index is 0.0429. The van der Waals surface area contributed by atoms with Crippen molar-refractivity contribution in [2.24, 2.45) is 0 Å². The molecule has 3 aromatic rings. The molecule has 1 aromatic heterocycles. The average molecular weight is 1470 g/mol. The van der Waals surface area contributed by atoms with Crippen molar-refractivity contribution in [1.82, 2.24) is 37.2 Å². The molecule has 2 fully saturated rings. The number of rotatable bonds is 44. The molecule has 5 aliphatic heterocycles. The number of carbonyl (C=O) groups excluding carboxylic acids is 6. The van der Waals surface area contributed by atoms with E-state index in [0.717, 1.165) is 86.1 Å². The number of urea groups is 1. The van der Waals surface area contributed by atoms with Gasteiger partial charge in [-0.3, -0.25) is 33.1 Å². The number of thioether (sulfide) groups is 1. The van der Waals surface area contributed by atoms with Crippen molar-refractivity contribution < 1.29 is 92.7 Å². The molecule has 6 heterocycles. The number of nitrogens with zero attached hydrogens (tertiary/aromatic N) is 2. The van der Waals surface area contributed by atoms with Crippen LogP contribution in [0.4, 0.5) is 16.2 Å². The fourth-order valence-corrected chi connectivity index (χ4v) is 15.7. The highest BCUT2D eigenvalue weighted by Crippen LogP contribution is 2.52. The molecule has 2 saturated heterocycles. The van der Waals surface area contributed by atoms with Crippen molar-refractivity contribution in [2.45, 2.75) is 144 Å². The first-order chi connectivity index (χ1) is 48.3. The van der Waals surface area contributed by atoms with E-state index in [2.05, 4.69) is 75.0 Å². The molecule has 2 aromatic carbocycles. The summed E-state index contributed by atoms with van der Waals surface area (Å²) in [5.74, 6) is -0.682. The van der Waals surface area contributed by atoms with Crippen molar-refractivity contribution >= 4 is 96.0 Å². The van der Waals surface area contributed by atoms with Gasteiger partial charge >= 0.3 is 17.4 Å². The molecule has 0 spiro atoms. The van der Waals surface area contributed by atoms with Crippen molar-refractivity contribution in [2.75, 3.05) is 153 Å². The predicted molar refractivity (Wildman–Crippen MR) is 381 cm³/mol. The molecule has 101 heavy (non-hydrogen) atoms. The number of aryl methyl sites for hydroxylation is 2. The number of aliphatic hydroxyl groups excluding tert-OH is 1. The molecule has 3 unspecified atom stereocenters. The number of hydrogen-bond acceptors (Lipinski definition) is 20. The maximum absolute atomic E-state index is 13.3. The first-order valence-electron chi connectivity index (χ1n) is 34.9. The summed E-state index contributed by atoms with van der Waals surface area (Å²) in [5, 5.41) is 30.3. The third kappa shape index (κ3) is 24.3. The summed E-state index contributed by atoms with van der Waals surface area (Å²) < 4.78 is 109. The molecule has 29 nitrogen and oxygen atoms in total. The Balaban J connectivity index is 0.663. The second-order valence-corrected chi connectivity index (χ2v) is 31.1. The molecule has 7 amide bonds. The fraction of sp³-hybridized carbons (Fsp3) is 0.638. The van der Waals surface area contributed by atoms with Gasteiger partial charge in [-0.05, 0) is 127 Å². The normalized spacial score (nSPS) is 19.4. The fourth-order valence-electron chi connectivity index (χ4n) is 13.2. The number of unbranched alkanes of at least 4 members (excludes halogenated alkanes) is 1. The molecular formula is C69H102N9O20S3+.